The standard InChI is InChI=1S/C21H20FN3O/c1-13-18-5-7-25(19(18)4-6-24-13)20-9-14(10-21(20)26)8-15-2-3-17(22)11-16(15)12-23/h2-7,11,14,20-21,26H,8-10H2,1H3/t14-,20+,21+/m0/s1. The summed E-state index contributed by atoms with van der Waals surface area (Å²) < 4.78 is 15.5. The molecule has 4 nitrogen and oxygen atoms in total. The first-order valence-corrected chi connectivity index (χ1v) is 8.85. The maximum atomic E-state index is 13.3. The number of aryl methyl sites for hydroxylation is 1. The highest BCUT2D eigenvalue weighted by Gasteiger charge is 2.34. The normalized spacial score (nSPS) is 22.6. The summed E-state index contributed by atoms with van der Waals surface area (Å²) >= 11 is 0. The number of pyridine rings is 1. The Morgan fingerprint density at radius 2 is 2.15 bits per heavy atom. The number of benzene rings is 1. The molecule has 0 spiro atoms. The van der Waals surface area contributed by atoms with E-state index < -0.39 is 11.9 Å². The van der Waals surface area contributed by atoms with Crippen LogP contribution in [0, 0.1) is 30.0 Å². The molecule has 1 saturated carbocycles. The van der Waals surface area contributed by atoms with E-state index in [0.717, 1.165) is 28.6 Å². The number of nitriles is 1. The zero-order valence-electron chi connectivity index (χ0n) is 14.6. The van der Waals surface area contributed by atoms with Crippen molar-refractivity contribution in [1.82, 2.24) is 9.55 Å². The van der Waals surface area contributed by atoms with Gasteiger partial charge in [-0.25, -0.2) is 4.39 Å². The lowest BCUT2D eigenvalue weighted by atomic mass is 9.94. The summed E-state index contributed by atoms with van der Waals surface area (Å²) in [6.07, 6.45) is 5.57. The highest BCUT2D eigenvalue weighted by molar-refractivity contribution is 5.82. The van der Waals surface area contributed by atoms with Crippen LogP contribution < -0.4 is 0 Å². The third kappa shape index (κ3) is 2.87. The Balaban J connectivity index is 1.58. The van der Waals surface area contributed by atoms with E-state index in [0.29, 0.717) is 18.4 Å². The van der Waals surface area contributed by atoms with E-state index in [9.17, 15) is 14.8 Å². The Bertz CT molecular complexity index is 1000. The lowest BCUT2D eigenvalue weighted by Crippen LogP contribution is -2.17. The van der Waals surface area contributed by atoms with Crippen molar-refractivity contribution >= 4 is 10.9 Å². The number of hydrogen-bond acceptors (Lipinski definition) is 3. The molecule has 0 bridgehead atoms. The molecule has 0 radical (unpaired) electrons. The summed E-state index contributed by atoms with van der Waals surface area (Å²) in [5, 5.41) is 21.0. The molecule has 1 aliphatic rings. The van der Waals surface area contributed by atoms with Gasteiger partial charge in [0.05, 0.1) is 29.3 Å². The molecule has 3 atom stereocenters. The third-order valence-electron chi connectivity index (χ3n) is 5.50. The Labute approximate surface area is 151 Å². The number of aliphatic hydroxyl groups is 1. The average Bonchev–Trinajstić information content (AvgIpc) is 3.20. The molecule has 3 aromatic rings. The molecule has 26 heavy (non-hydrogen) atoms. The van der Waals surface area contributed by atoms with E-state index in [4.69, 9.17) is 0 Å². The smallest absolute Gasteiger partial charge is 0.124 e. The fraction of sp³-hybridized carbons (Fsp3) is 0.333. The van der Waals surface area contributed by atoms with E-state index in [1.165, 1.54) is 12.1 Å². The van der Waals surface area contributed by atoms with E-state index in [1.807, 2.05) is 25.3 Å². The molecule has 1 aliphatic carbocycles. The topological polar surface area (TPSA) is 61.8 Å². The van der Waals surface area contributed by atoms with Crippen LogP contribution in [0.2, 0.25) is 0 Å². The summed E-state index contributed by atoms with van der Waals surface area (Å²) in [6.45, 7) is 1.98. The lowest BCUT2D eigenvalue weighted by molar-refractivity contribution is 0.136. The number of fused-ring (bicyclic) bond motifs is 1. The predicted octanol–water partition coefficient (Wildman–Crippen LogP) is 3.91. The lowest BCUT2D eigenvalue weighted by Gasteiger charge is -2.18. The Morgan fingerprint density at radius 1 is 1.31 bits per heavy atom. The van der Waals surface area contributed by atoms with Crippen LogP contribution in [-0.4, -0.2) is 20.8 Å². The van der Waals surface area contributed by atoms with E-state index in [2.05, 4.69) is 15.6 Å². The minimum absolute atomic E-state index is 0.00489. The van der Waals surface area contributed by atoms with Crippen molar-refractivity contribution in [2.24, 2.45) is 5.92 Å². The zero-order valence-corrected chi connectivity index (χ0v) is 14.6. The van der Waals surface area contributed by atoms with Gasteiger partial charge in [0.2, 0.25) is 0 Å². The number of aliphatic hydroxyl groups excluding tert-OH is 1. The number of aromatic nitrogens is 2. The SMILES string of the molecule is Cc1nccc2c1ccn2[C@@H]1C[C@H](Cc2ccc(F)cc2C#N)C[C@H]1O. The molecule has 2 heterocycles. The minimum atomic E-state index is -0.435. The molecular weight excluding hydrogens is 329 g/mol. The van der Waals surface area contributed by atoms with Crippen molar-refractivity contribution in [3.8, 4) is 6.07 Å². The highest BCUT2D eigenvalue weighted by atomic mass is 19.1. The Morgan fingerprint density at radius 3 is 2.96 bits per heavy atom. The van der Waals surface area contributed by atoms with Crippen LogP contribution in [0.3, 0.4) is 0 Å². The second-order valence-corrected chi connectivity index (χ2v) is 7.14. The third-order valence-corrected chi connectivity index (χ3v) is 5.50. The highest BCUT2D eigenvalue weighted by Crippen LogP contribution is 2.39. The molecular formula is C21H20FN3O. The largest absolute Gasteiger partial charge is 0.391 e. The summed E-state index contributed by atoms with van der Waals surface area (Å²) in [6, 6.07) is 10.5. The fourth-order valence-electron chi connectivity index (χ4n) is 4.22. The summed E-state index contributed by atoms with van der Waals surface area (Å²) in [5.74, 6) is -0.134. The first-order chi connectivity index (χ1) is 12.6. The Kier molecular flexibility index (Phi) is 4.21. The van der Waals surface area contributed by atoms with Crippen molar-refractivity contribution in [1.29, 1.82) is 5.26 Å². The molecule has 4 rings (SSSR count). The average molecular weight is 349 g/mol. The molecule has 2 aromatic heterocycles. The van der Waals surface area contributed by atoms with Gasteiger partial charge in [0.1, 0.15) is 5.82 Å². The number of nitrogens with zero attached hydrogens (tertiary/aromatic N) is 3. The first kappa shape index (κ1) is 16.7. The van der Waals surface area contributed by atoms with Crippen molar-refractivity contribution in [2.75, 3.05) is 0 Å². The van der Waals surface area contributed by atoms with Crippen LogP contribution >= 0.6 is 0 Å². The van der Waals surface area contributed by atoms with E-state index in [1.54, 1.807) is 12.3 Å². The van der Waals surface area contributed by atoms with Crippen molar-refractivity contribution in [3.63, 3.8) is 0 Å². The maximum Gasteiger partial charge on any atom is 0.124 e. The van der Waals surface area contributed by atoms with Crippen molar-refractivity contribution < 1.29 is 9.50 Å². The number of hydrogen-bond donors (Lipinski definition) is 1. The van der Waals surface area contributed by atoms with Gasteiger partial charge in [-0.3, -0.25) is 4.98 Å². The van der Waals surface area contributed by atoms with Gasteiger partial charge in [-0.05, 0) is 61.9 Å². The van der Waals surface area contributed by atoms with Gasteiger partial charge in [-0.15, -0.1) is 0 Å². The van der Waals surface area contributed by atoms with Gasteiger partial charge in [0.15, 0.2) is 0 Å². The molecule has 0 saturated heterocycles. The van der Waals surface area contributed by atoms with Crippen molar-refractivity contribution in [2.45, 2.75) is 38.3 Å². The number of rotatable bonds is 3. The second kappa shape index (κ2) is 6.54. The summed E-state index contributed by atoms with van der Waals surface area (Å²) in [5.41, 5.74) is 3.30. The minimum Gasteiger partial charge on any atom is -0.391 e. The molecule has 1 fully saturated rings. The predicted molar refractivity (Wildman–Crippen MR) is 97.1 cm³/mol. The number of halogens is 1. The zero-order chi connectivity index (χ0) is 18.3. The molecule has 1 N–H and O–H groups in total. The molecule has 0 aliphatic heterocycles. The van der Waals surface area contributed by atoms with Gasteiger partial charge < -0.3 is 9.67 Å². The quantitative estimate of drug-likeness (QED) is 0.780. The van der Waals surface area contributed by atoms with Crippen LogP contribution in [-0.2, 0) is 6.42 Å². The molecule has 0 amide bonds. The van der Waals surface area contributed by atoms with E-state index in [-0.39, 0.29) is 12.0 Å². The van der Waals surface area contributed by atoms with Gasteiger partial charge in [-0.2, -0.15) is 5.26 Å². The van der Waals surface area contributed by atoms with Crippen LogP contribution in [0.5, 0.6) is 0 Å². The summed E-state index contributed by atoms with van der Waals surface area (Å²) in [7, 11) is 0. The van der Waals surface area contributed by atoms with Crippen LogP contribution in [0.25, 0.3) is 10.9 Å². The summed E-state index contributed by atoms with van der Waals surface area (Å²) in [4.78, 5) is 4.33. The van der Waals surface area contributed by atoms with Crippen LogP contribution in [0.15, 0.2) is 42.7 Å². The first-order valence-electron chi connectivity index (χ1n) is 8.85. The Hall–Kier alpha value is -2.71. The van der Waals surface area contributed by atoms with Crippen LogP contribution in [0.1, 0.15) is 35.7 Å². The van der Waals surface area contributed by atoms with E-state index >= 15 is 0 Å². The fourth-order valence-corrected chi connectivity index (χ4v) is 4.22. The van der Waals surface area contributed by atoms with Gasteiger partial charge in [0, 0.05) is 23.5 Å². The molecule has 132 valence electrons. The second-order valence-electron chi connectivity index (χ2n) is 7.14. The molecule has 5 heteroatoms. The van der Waals surface area contributed by atoms with Gasteiger partial charge >= 0.3 is 0 Å². The monoisotopic (exact) mass is 349 g/mol. The molecule has 0 unspecified atom stereocenters. The maximum absolute atomic E-state index is 13.3. The van der Waals surface area contributed by atoms with Crippen LogP contribution in [0.4, 0.5) is 4.39 Å². The van der Waals surface area contributed by atoms with Gasteiger partial charge in [-0.1, -0.05) is 6.07 Å². The molecule has 1 aromatic carbocycles. The van der Waals surface area contributed by atoms with Crippen molar-refractivity contribution in [3.05, 3.63) is 65.4 Å². The van der Waals surface area contributed by atoms with Gasteiger partial charge in [0.25, 0.3) is 0 Å².